The van der Waals surface area contributed by atoms with E-state index in [1.165, 1.54) is 16.0 Å². The summed E-state index contributed by atoms with van der Waals surface area (Å²) in [6.07, 6.45) is 4.03. The molecule has 0 heterocycles. The molecule has 0 aliphatic heterocycles. The molecule has 1 aromatic carbocycles. The molecule has 1 unspecified atom stereocenters. The maximum absolute atomic E-state index is 8.87. The van der Waals surface area contributed by atoms with Crippen molar-refractivity contribution in [3.63, 3.8) is 0 Å². The van der Waals surface area contributed by atoms with Gasteiger partial charge in [0, 0.05) is 22.4 Å². The lowest BCUT2D eigenvalue weighted by Gasteiger charge is -2.20. The van der Waals surface area contributed by atoms with Crippen LogP contribution in [-0.4, -0.2) is 23.5 Å². The summed E-state index contributed by atoms with van der Waals surface area (Å²) in [6.45, 7) is 14.9. The van der Waals surface area contributed by atoms with Crippen molar-refractivity contribution in [1.29, 1.82) is 0 Å². The number of allylic oxidation sites excluding steroid dienone is 1. The fourth-order valence-corrected chi connectivity index (χ4v) is 3.23. The molecule has 0 saturated carbocycles. The van der Waals surface area contributed by atoms with Crippen molar-refractivity contribution in [2.24, 2.45) is 0 Å². The van der Waals surface area contributed by atoms with Crippen molar-refractivity contribution in [2.75, 3.05) is 13.2 Å². The first-order chi connectivity index (χ1) is 10.0. The van der Waals surface area contributed by atoms with E-state index in [1.807, 2.05) is 6.08 Å². The molecular weight excluding hydrogens is 278 g/mol. The fraction of sp³-hybridized carbons (Fsp3) is 0.333. The van der Waals surface area contributed by atoms with E-state index in [4.69, 9.17) is 5.11 Å². The predicted molar refractivity (Wildman–Crippen MR) is 96.2 cm³/mol. The van der Waals surface area contributed by atoms with E-state index in [2.05, 4.69) is 63.5 Å². The summed E-state index contributed by atoms with van der Waals surface area (Å²) >= 11 is 1.77. The Labute approximate surface area is 132 Å². The molecule has 0 radical (unpaired) electrons. The summed E-state index contributed by atoms with van der Waals surface area (Å²) in [5.41, 5.74) is 4.56. The molecule has 114 valence electrons. The monoisotopic (exact) mass is 303 g/mol. The van der Waals surface area contributed by atoms with Gasteiger partial charge in [-0.05, 0) is 37.5 Å². The summed E-state index contributed by atoms with van der Waals surface area (Å²) in [5, 5.41) is 12.2. The van der Waals surface area contributed by atoms with Gasteiger partial charge in [0.2, 0.25) is 0 Å². The van der Waals surface area contributed by atoms with E-state index in [0.29, 0.717) is 6.54 Å². The highest BCUT2D eigenvalue weighted by Crippen LogP contribution is 2.36. The van der Waals surface area contributed by atoms with Gasteiger partial charge in [-0.1, -0.05) is 43.5 Å². The molecule has 0 saturated heterocycles. The molecule has 0 spiro atoms. The van der Waals surface area contributed by atoms with E-state index >= 15 is 0 Å². The second kappa shape index (κ2) is 8.75. The highest BCUT2D eigenvalue weighted by Gasteiger charge is 2.14. The van der Waals surface area contributed by atoms with Gasteiger partial charge in [0.25, 0.3) is 0 Å². The molecule has 21 heavy (non-hydrogen) atoms. The van der Waals surface area contributed by atoms with Crippen LogP contribution in [0.3, 0.4) is 0 Å². The van der Waals surface area contributed by atoms with E-state index < -0.39 is 0 Å². The highest BCUT2D eigenvalue weighted by molar-refractivity contribution is 8.09. The number of aliphatic hydroxyl groups excluding tert-OH is 1. The average Bonchev–Trinajstić information content (AvgIpc) is 2.49. The maximum atomic E-state index is 8.87. The van der Waals surface area contributed by atoms with Crippen molar-refractivity contribution in [2.45, 2.75) is 26.0 Å². The molecule has 0 aromatic heterocycles. The minimum Gasteiger partial charge on any atom is -0.395 e. The number of benzene rings is 1. The first-order valence-corrected chi connectivity index (χ1v) is 8.02. The fourth-order valence-electron chi connectivity index (χ4n) is 2.09. The zero-order chi connectivity index (χ0) is 15.8. The first-order valence-electron chi connectivity index (χ1n) is 7.14. The van der Waals surface area contributed by atoms with E-state index in [1.54, 1.807) is 11.8 Å². The van der Waals surface area contributed by atoms with Crippen LogP contribution in [-0.2, 0) is 0 Å². The summed E-state index contributed by atoms with van der Waals surface area (Å²) < 4.78 is 0. The minimum absolute atomic E-state index is 0.116. The van der Waals surface area contributed by atoms with E-state index in [9.17, 15) is 0 Å². The Morgan fingerprint density at radius 2 is 2.19 bits per heavy atom. The third-order valence-corrected chi connectivity index (χ3v) is 4.62. The van der Waals surface area contributed by atoms with Crippen molar-refractivity contribution in [3.05, 3.63) is 59.8 Å². The standard InChI is InChI=1S/C18H25NOS/c1-6-16-10-8-9-13(3)18(16)17(7-2)21-15(5)14(4)19-11-12-20/h6-10,15,19-20H,1,4,11-12H2,2-3,5H3/b17-7+. The second-order valence-corrected chi connectivity index (χ2v) is 6.21. The molecule has 0 aliphatic carbocycles. The third-order valence-electron chi connectivity index (χ3n) is 3.29. The first kappa shape index (κ1) is 17.6. The normalized spacial score (nSPS) is 12.9. The van der Waals surface area contributed by atoms with Gasteiger partial charge in [-0.15, -0.1) is 11.8 Å². The Bertz CT molecular complexity index is 534. The predicted octanol–water partition coefficient (Wildman–Crippen LogP) is 4.22. The minimum atomic E-state index is 0.116. The van der Waals surface area contributed by atoms with Crippen LogP contribution in [0.15, 0.2) is 43.1 Å². The Kier molecular flexibility index (Phi) is 7.34. The summed E-state index contributed by atoms with van der Waals surface area (Å²) in [5.74, 6) is 0. The highest BCUT2D eigenvalue weighted by atomic mass is 32.2. The lowest BCUT2D eigenvalue weighted by molar-refractivity contribution is 0.297. The second-order valence-electron chi connectivity index (χ2n) is 4.83. The van der Waals surface area contributed by atoms with Crippen LogP contribution in [0.25, 0.3) is 11.0 Å². The van der Waals surface area contributed by atoms with Gasteiger partial charge in [0.1, 0.15) is 0 Å². The van der Waals surface area contributed by atoms with Crippen LogP contribution < -0.4 is 5.32 Å². The van der Waals surface area contributed by atoms with Gasteiger partial charge in [0.15, 0.2) is 0 Å². The average molecular weight is 303 g/mol. The van der Waals surface area contributed by atoms with Crippen LogP contribution in [0.2, 0.25) is 0 Å². The topological polar surface area (TPSA) is 32.3 Å². The quantitative estimate of drug-likeness (QED) is 0.754. The molecule has 1 aromatic rings. The van der Waals surface area contributed by atoms with Crippen molar-refractivity contribution in [1.82, 2.24) is 5.32 Å². The number of thioether (sulfide) groups is 1. The molecular formula is C18H25NOS. The smallest absolute Gasteiger partial charge is 0.0604 e. The van der Waals surface area contributed by atoms with Gasteiger partial charge >= 0.3 is 0 Å². The Hall–Kier alpha value is -1.45. The molecule has 2 N–H and O–H groups in total. The van der Waals surface area contributed by atoms with Crippen molar-refractivity contribution >= 4 is 22.7 Å². The lowest BCUT2D eigenvalue weighted by atomic mass is 10.0. The van der Waals surface area contributed by atoms with Gasteiger partial charge < -0.3 is 10.4 Å². The van der Waals surface area contributed by atoms with Crippen molar-refractivity contribution in [3.8, 4) is 0 Å². The van der Waals surface area contributed by atoms with Gasteiger partial charge in [-0.3, -0.25) is 0 Å². The molecule has 0 amide bonds. The van der Waals surface area contributed by atoms with Crippen LogP contribution >= 0.6 is 11.8 Å². The van der Waals surface area contributed by atoms with Crippen molar-refractivity contribution < 1.29 is 5.11 Å². The molecule has 0 aliphatic rings. The maximum Gasteiger partial charge on any atom is 0.0604 e. The molecule has 1 atom stereocenters. The van der Waals surface area contributed by atoms with E-state index in [0.717, 1.165) is 11.3 Å². The summed E-state index contributed by atoms with van der Waals surface area (Å²) in [4.78, 5) is 1.22. The van der Waals surface area contributed by atoms with Crippen LogP contribution in [0.1, 0.15) is 30.5 Å². The number of nitrogens with one attached hydrogen (secondary N) is 1. The number of rotatable bonds is 8. The van der Waals surface area contributed by atoms with Crippen LogP contribution in [0, 0.1) is 6.92 Å². The van der Waals surface area contributed by atoms with Crippen LogP contribution in [0.5, 0.6) is 0 Å². The molecule has 2 nitrogen and oxygen atoms in total. The third kappa shape index (κ3) is 4.80. The lowest BCUT2D eigenvalue weighted by Crippen LogP contribution is -2.22. The van der Waals surface area contributed by atoms with Gasteiger partial charge in [-0.2, -0.15) is 0 Å². The number of aryl methyl sites for hydroxylation is 1. The number of hydrogen-bond donors (Lipinski definition) is 2. The Morgan fingerprint density at radius 1 is 1.48 bits per heavy atom. The number of hydrogen-bond acceptors (Lipinski definition) is 3. The molecule has 0 bridgehead atoms. The SMILES string of the molecule is C=Cc1cccc(C)c1/C(=C\C)SC(C)C(=C)NCCO. The van der Waals surface area contributed by atoms with Gasteiger partial charge in [-0.25, -0.2) is 0 Å². The van der Waals surface area contributed by atoms with Crippen LogP contribution in [0.4, 0.5) is 0 Å². The van der Waals surface area contributed by atoms with Gasteiger partial charge in [0.05, 0.1) is 6.61 Å². The number of aliphatic hydroxyl groups is 1. The zero-order valence-electron chi connectivity index (χ0n) is 13.1. The van der Waals surface area contributed by atoms with E-state index in [-0.39, 0.29) is 11.9 Å². The molecule has 3 heteroatoms. The molecule has 0 fully saturated rings. The summed E-state index contributed by atoms with van der Waals surface area (Å²) in [7, 11) is 0. The largest absolute Gasteiger partial charge is 0.395 e. The zero-order valence-corrected chi connectivity index (χ0v) is 14.0. The molecule has 1 rings (SSSR count). The Balaban J connectivity index is 2.95. The summed E-state index contributed by atoms with van der Waals surface area (Å²) in [6, 6.07) is 6.26. The Morgan fingerprint density at radius 3 is 2.76 bits per heavy atom.